The van der Waals surface area contributed by atoms with E-state index in [2.05, 4.69) is 15.0 Å². The molecule has 0 aliphatic carbocycles. The molecule has 0 saturated carbocycles. The second-order valence-corrected chi connectivity index (χ2v) is 2.44. The van der Waals surface area contributed by atoms with Crippen molar-refractivity contribution in [2.75, 3.05) is 0 Å². The number of nitrogens with zero attached hydrogens (tertiary/aromatic N) is 3. The Hall–Kier alpha value is -1.22. The van der Waals surface area contributed by atoms with Crippen molar-refractivity contribution in [1.29, 1.82) is 0 Å². The molecule has 0 unspecified atom stereocenters. The van der Waals surface area contributed by atoms with Gasteiger partial charge in [-0.3, -0.25) is 9.97 Å². The van der Waals surface area contributed by atoms with Crippen LogP contribution in [0.4, 0.5) is 0 Å². The van der Waals surface area contributed by atoms with Crippen molar-refractivity contribution >= 4 is 22.6 Å². The third kappa shape index (κ3) is 1.14. The quantitative estimate of drug-likeness (QED) is 0.596. The molecule has 0 bridgehead atoms. The van der Waals surface area contributed by atoms with Gasteiger partial charge in [-0.15, -0.1) is 0 Å². The van der Waals surface area contributed by atoms with E-state index in [1.54, 1.807) is 18.5 Å². The molecule has 0 radical (unpaired) electrons. The van der Waals surface area contributed by atoms with Crippen LogP contribution in [-0.4, -0.2) is 15.0 Å². The SMILES string of the molecule is Clc1cnc2ccncc2n1. The summed E-state index contributed by atoms with van der Waals surface area (Å²) in [4.78, 5) is 12.0. The highest BCUT2D eigenvalue weighted by atomic mass is 35.5. The number of fused-ring (bicyclic) bond motifs is 1. The number of aromatic nitrogens is 3. The molecule has 54 valence electrons. The Kier molecular flexibility index (Phi) is 1.43. The predicted octanol–water partition coefficient (Wildman–Crippen LogP) is 1.68. The van der Waals surface area contributed by atoms with Crippen molar-refractivity contribution in [1.82, 2.24) is 15.0 Å². The average Bonchev–Trinajstić information content (AvgIpc) is 2.04. The Morgan fingerprint density at radius 3 is 3.00 bits per heavy atom. The largest absolute Gasteiger partial charge is 0.262 e. The van der Waals surface area contributed by atoms with Crippen molar-refractivity contribution in [3.05, 3.63) is 29.8 Å². The lowest BCUT2D eigenvalue weighted by Gasteiger charge is -1.93. The molecule has 3 nitrogen and oxygen atoms in total. The van der Waals surface area contributed by atoms with Crippen molar-refractivity contribution in [3.8, 4) is 0 Å². The second-order valence-electron chi connectivity index (χ2n) is 2.06. The van der Waals surface area contributed by atoms with Gasteiger partial charge in [0.05, 0.1) is 17.9 Å². The van der Waals surface area contributed by atoms with Crippen LogP contribution < -0.4 is 0 Å². The maximum absolute atomic E-state index is 5.62. The molecule has 0 atom stereocenters. The van der Waals surface area contributed by atoms with Crippen LogP contribution in [0.3, 0.4) is 0 Å². The molecular weight excluding hydrogens is 162 g/mol. The summed E-state index contributed by atoms with van der Waals surface area (Å²) in [5.41, 5.74) is 1.53. The van der Waals surface area contributed by atoms with Crippen molar-refractivity contribution in [2.45, 2.75) is 0 Å². The minimum absolute atomic E-state index is 0.394. The lowest BCUT2D eigenvalue weighted by molar-refractivity contribution is 1.25. The molecule has 0 aromatic carbocycles. The minimum Gasteiger partial charge on any atom is -0.262 e. The van der Waals surface area contributed by atoms with E-state index >= 15 is 0 Å². The molecule has 0 fully saturated rings. The van der Waals surface area contributed by atoms with E-state index in [-0.39, 0.29) is 0 Å². The molecule has 0 amide bonds. The Bertz CT molecular complexity index is 388. The van der Waals surface area contributed by atoms with E-state index in [1.165, 1.54) is 6.20 Å². The third-order valence-electron chi connectivity index (χ3n) is 1.32. The van der Waals surface area contributed by atoms with Gasteiger partial charge in [-0.05, 0) is 6.07 Å². The topological polar surface area (TPSA) is 38.7 Å². The maximum atomic E-state index is 5.62. The van der Waals surface area contributed by atoms with Gasteiger partial charge >= 0.3 is 0 Å². The Balaban J connectivity index is 2.83. The molecule has 0 saturated heterocycles. The zero-order chi connectivity index (χ0) is 7.68. The van der Waals surface area contributed by atoms with E-state index in [4.69, 9.17) is 11.6 Å². The van der Waals surface area contributed by atoms with E-state index in [9.17, 15) is 0 Å². The Morgan fingerprint density at radius 1 is 1.18 bits per heavy atom. The first kappa shape index (κ1) is 6.49. The molecule has 4 heteroatoms. The number of pyridine rings is 1. The molecule has 2 heterocycles. The summed E-state index contributed by atoms with van der Waals surface area (Å²) < 4.78 is 0. The summed E-state index contributed by atoms with van der Waals surface area (Å²) in [6.07, 6.45) is 4.82. The fraction of sp³-hybridized carbons (Fsp3) is 0. The van der Waals surface area contributed by atoms with Gasteiger partial charge in [0.15, 0.2) is 0 Å². The molecule has 0 spiro atoms. The van der Waals surface area contributed by atoms with E-state index in [0.717, 1.165) is 11.0 Å². The molecule has 2 aromatic rings. The fourth-order valence-corrected chi connectivity index (χ4v) is 0.981. The molecule has 0 aliphatic heterocycles. The molecule has 11 heavy (non-hydrogen) atoms. The van der Waals surface area contributed by atoms with Gasteiger partial charge in [-0.1, -0.05) is 11.6 Å². The molecular formula is C7H4ClN3. The first-order chi connectivity index (χ1) is 5.36. The van der Waals surface area contributed by atoms with Crippen LogP contribution in [0, 0.1) is 0 Å². The van der Waals surface area contributed by atoms with Gasteiger partial charge in [0.1, 0.15) is 10.7 Å². The van der Waals surface area contributed by atoms with Gasteiger partial charge in [-0.2, -0.15) is 0 Å². The summed E-state index contributed by atoms with van der Waals surface area (Å²) in [5, 5.41) is 0.394. The van der Waals surface area contributed by atoms with Crippen LogP contribution in [-0.2, 0) is 0 Å². The van der Waals surface area contributed by atoms with Gasteiger partial charge in [0, 0.05) is 6.20 Å². The lowest BCUT2D eigenvalue weighted by atomic mass is 10.4. The molecule has 2 aromatic heterocycles. The zero-order valence-corrected chi connectivity index (χ0v) is 6.28. The minimum atomic E-state index is 0.394. The van der Waals surface area contributed by atoms with Gasteiger partial charge < -0.3 is 0 Å². The highest BCUT2D eigenvalue weighted by Gasteiger charge is 1.94. The molecule has 0 N–H and O–H groups in total. The lowest BCUT2D eigenvalue weighted by Crippen LogP contribution is -1.83. The highest BCUT2D eigenvalue weighted by molar-refractivity contribution is 6.29. The number of hydrogen-bond donors (Lipinski definition) is 0. The Morgan fingerprint density at radius 2 is 2.09 bits per heavy atom. The summed E-state index contributed by atoms with van der Waals surface area (Å²) in [7, 11) is 0. The third-order valence-corrected chi connectivity index (χ3v) is 1.50. The van der Waals surface area contributed by atoms with E-state index in [0.29, 0.717) is 5.15 Å². The maximum Gasteiger partial charge on any atom is 0.148 e. The van der Waals surface area contributed by atoms with Crippen molar-refractivity contribution in [2.24, 2.45) is 0 Å². The normalized spacial score (nSPS) is 10.3. The fourth-order valence-electron chi connectivity index (χ4n) is 0.841. The standard InChI is InChI=1S/C7H4ClN3/c8-7-4-10-5-1-2-9-3-6(5)11-7/h1-4H. The number of halogens is 1. The first-order valence-electron chi connectivity index (χ1n) is 3.08. The highest BCUT2D eigenvalue weighted by Crippen LogP contribution is 2.09. The number of rotatable bonds is 0. The molecule has 0 aliphatic rings. The summed E-state index contributed by atoms with van der Waals surface area (Å²) in [5.74, 6) is 0. The summed E-state index contributed by atoms with van der Waals surface area (Å²) >= 11 is 5.62. The van der Waals surface area contributed by atoms with Crippen LogP contribution in [0.5, 0.6) is 0 Å². The monoisotopic (exact) mass is 165 g/mol. The van der Waals surface area contributed by atoms with Crippen LogP contribution >= 0.6 is 11.6 Å². The van der Waals surface area contributed by atoms with E-state index < -0.39 is 0 Å². The first-order valence-corrected chi connectivity index (χ1v) is 3.46. The van der Waals surface area contributed by atoms with Crippen molar-refractivity contribution in [3.63, 3.8) is 0 Å². The van der Waals surface area contributed by atoms with Crippen molar-refractivity contribution < 1.29 is 0 Å². The van der Waals surface area contributed by atoms with Crippen LogP contribution in [0.2, 0.25) is 5.15 Å². The zero-order valence-electron chi connectivity index (χ0n) is 5.53. The Labute approximate surface area is 68.1 Å². The van der Waals surface area contributed by atoms with Gasteiger partial charge in [0.25, 0.3) is 0 Å². The second kappa shape index (κ2) is 2.43. The van der Waals surface area contributed by atoms with Crippen LogP contribution in [0.15, 0.2) is 24.7 Å². The smallest absolute Gasteiger partial charge is 0.148 e. The molecule has 2 rings (SSSR count). The van der Waals surface area contributed by atoms with Gasteiger partial charge in [-0.25, -0.2) is 4.98 Å². The number of hydrogen-bond acceptors (Lipinski definition) is 3. The average molecular weight is 166 g/mol. The van der Waals surface area contributed by atoms with Crippen LogP contribution in [0.1, 0.15) is 0 Å². The summed E-state index contributed by atoms with van der Waals surface area (Å²) in [6.45, 7) is 0. The van der Waals surface area contributed by atoms with Gasteiger partial charge in [0.2, 0.25) is 0 Å². The van der Waals surface area contributed by atoms with Crippen LogP contribution in [0.25, 0.3) is 11.0 Å². The predicted molar refractivity (Wildman–Crippen MR) is 42.3 cm³/mol. The van der Waals surface area contributed by atoms with E-state index in [1.807, 2.05) is 0 Å². The summed E-state index contributed by atoms with van der Waals surface area (Å²) in [6, 6.07) is 1.79.